The van der Waals surface area contributed by atoms with Crippen LogP contribution >= 0.6 is 11.6 Å². The van der Waals surface area contributed by atoms with Crippen LogP contribution in [0.3, 0.4) is 0 Å². The van der Waals surface area contributed by atoms with Crippen LogP contribution in [0.5, 0.6) is 0 Å². The number of halogens is 1. The molecule has 1 aromatic heterocycles. The highest BCUT2D eigenvalue weighted by atomic mass is 35.5. The van der Waals surface area contributed by atoms with E-state index < -0.39 is 9.84 Å². The monoisotopic (exact) mass is 394 g/mol. The van der Waals surface area contributed by atoms with Crippen molar-refractivity contribution in [2.24, 2.45) is 0 Å². The SMILES string of the molecule is Cc1nc(NC2CCS(=O)(=O)C2)cc(C(=O)Nc2cccc(Cl)c2C)n1. The third kappa shape index (κ3) is 4.31. The van der Waals surface area contributed by atoms with Crippen LogP contribution in [-0.4, -0.2) is 41.8 Å². The number of benzene rings is 1. The molecule has 26 heavy (non-hydrogen) atoms. The van der Waals surface area contributed by atoms with E-state index in [0.29, 0.717) is 28.8 Å². The van der Waals surface area contributed by atoms with Gasteiger partial charge in [0.15, 0.2) is 9.84 Å². The molecule has 7 nitrogen and oxygen atoms in total. The van der Waals surface area contributed by atoms with Crippen LogP contribution in [0.15, 0.2) is 24.3 Å². The highest BCUT2D eigenvalue weighted by molar-refractivity contribution is 7.91. The molecular weight excluding hydrogens is 376 g/mol. The standard InChI is InChI=1S/C17H19ClN4O3S/c1-10-13(18)4-3-5-14(10)22-17(23)15-8-16(20-11(2)19-15)21-12-6-7-26(24,25)9-12/h3-5,8,12H,6-7,9H2,1-2H3,(H,22,23)(H,19,20,21). The summed E-state index contributed by atoms with van der Waals surface area (Å²) in [7, 11) is -3.00. The molecule has 2 aromatic rings. The van der Waals surface area contributed by atoms with E-state index in [0.717, 1.165) is 5.56 Å². The van der Waals surface area contributed by atoms with E-state index >= 15 is 0 Å². The van der Waals surface area contributed by atoms with Crippen LogP contribution in [0.25, 0.3) is 0 Å². The van der Waals surface area contributed by atoms with Crippen molar-refractivity contribution in [3.05, 3.63) is 46.4 Å². The molecule has 1 saturated heterocycles. The van der Waals surface area contributed by atoms with Gasteiger partial charge in [0, 0.05) is 22.8 Å². The van der Waals surface area contributed by atoms with Gasteiger partial charge in [-0.15, -0.1) is 0 Å². The van der Waals surface area contributed by atoms with Gasteiger partial charge < -0.3 is 10.6 Å². The fourth-order valence-corrected chi connectivity index (χ4v) is 4.65. The molecule has 2 heterocycles. The number of sulfone groups is 1. The third-order valence-electron chi connectivity index (χ3n) is 4.17. The Morgan fingerprint density at radius 2 is 2.04 bits per heavy atom. The van der Waals surface area contributed by atoms with Gasteiger partial charge in [-0.1, -0.05) is 17.7 Å². The Balaban J connectivity index is 1.78. The van der Waals surface area contributed by atoms with Gasteiger partial charge >= 0.3 is 0 Å². The number of amides is 1. The minimum Gasteiger partial charge on any atom is -0.366 e. The number of rotatable bonds is 4. The smallest absolute Gasteiger partial charge is 0.274 e. The first-order valence-electron chi connectivity index (χ1n) is 8.12. The zero-order valence-corrected chi connectivity index (χ0v) is 16.0. The number of carbonyl (C=O) groups is 1. The Morgan fingerprint density at radius 1 is 1.27 bits per heavy atom. The molecule has 1 unspecified atom stereocenters. The van der Waals surface area contributed by atoms with Crippen LogP contribution in [0.2, 0.25) is 5.02 Å². The molecule has 0 spiro atoms. The highest BCUT2D eigenvalue weighted by Gasteiger charge is 2.28. The summed E-state index contributed by atoms with van der Waals surface area (Å²) < 4.78 is 23.2. The van der Waals surface area contributed by atoms with E-state index in [-0.39, 0.29) is 29.1 Å². The summed E-state index contributed by atoms with van der Waals surface area (Å²) in [5.41, 5.74) is 1.57. The molecule has 2 N–H and O–H groups in total. The summed E-state index contributed by atoms with van der Waals surface area (Å²) in [5.74, 6) is 0.703. The fraction of sp³-hybridized carbons (Fsp3) is 0.353. The summed E-state index contributed by atoms with van der Waals surface area (Å²) >= 11 is 6.08. The summed E-state index contributed by atoms with van der Waals surface area (Å²) in [4.78, 5) is 21.0. The topological polar surface area (TPSA) is 101 Å². The van der Waals surface area contributed by atoms with Crippen molar-refractivity contribution in [3.8, 4) is 0 Å². The minimum atomic E-state index is -3.00. The van der Waals surface area contributed by atoms with Gasteiger partial charge in [-0.05, 0) is 38.0 Å². The maximum Gasteiger partial charge on any atom is 0.274 e. The molecule has 1 aliphatic heterocycles. The third-order valence-corrected chi connectivity index (χ3v) is 6.35. The van der Waals surface area contributed by atoms with Crippen LogP contribution in [0, 0.1) is 13.8 Å². The van der Waals surface area contributed by atoms with E-state index in [1.807, 2.05) is 6.92 Å². The lowest BCUT2D eigenvalue weighted by atomic mass is 10.2. The predicted molar refractivity (Wildman–Crippen MR) is 102 cm³/mol. The Bertz CT molecular complexity index is 962. The van der Waals surface area contributed by atoms with Crippen molar-refractivity contribution in [1.82, 2.24) is 9.97 Å². The molecule has 1 amide bonds. The van der Waals surface area contributed by atoms with Gasteiger partial charge in [-0.25, -0.2) is 18.4 Å². The number of anilines is 2. The summed E-state index contributed by atoms with van der Waals surface area (Å²) in [6, 6.07) is 6.58. The number of nitrogens with zero attached hydrogens (tertiary/aromatic N) is 2. The number of hydrogen-bond acceptors (Lipinski definition) is 6. The molecule has 9 heteroatoms. The Morgan fingerprint density at radius 3 is 2.73 bits per heavy atom. The van der Waals surface area contributed by atoms with Gasteiger partial charge in [0.2, 0.25) is 0 Å². The summed E-state index contributed by atoms with van der Waals surface area (Å²) in [6.45, 7) is 3.49. The molecule has 0 saturated carbocycles. The molecule has 1 fully saturated rings. The minimum absolute atomic E-state index is 0.0687. The van der Waals surface area contributed by atoms with E-state index in [1.54, 1.807) is 25.1 Å². The first kappa shape index (κ1) is 18.6. The second-order valence-electron chi connectivity index (χ2n) is 6.30. The lowest BCUT2D eigenvalue weighted by molar-refractivity contribution is 0.102. The van der Waals surface area contributed by atoms with Gasteiger partial charge in [-0.2, -0.15) is 0 Å². The van der Waals surface area contributed by atoms with Gasteiger partial charge in [0.1, 0.15) is 17.3 Å². The van der Waals surface area contributed by atoms with Gasteiger partial charge in [0.05, 0.1) is 11.5 Å². The Hall–Kier alpha value is -2.19. The normalized spacial score (nSPS) is 18.5. The van der Waals surface area contributed by atoms with E-state index in [2.05, 4.69) is 20.6 Å². The zero-order valence-electron chi connectivity index (χ0n) is 14.4. The summed E-state index contributed by atoms with van der Waals surface area (Å²) in [5, 5.41) is 6.44. The van der Waals surface area contributed by atoms with Gasteiger partial charge in [-0.3, -0.25) is 4.79 Å². The Labute approximate surface area is 157 Å². The molecular formula is C17H19ClN4O3S. The first-order valence-corrected chi connectivity index (χ1v) is 10.3. The second kappa shape index (κ2) is 7.20. The second-order valence-corrected chi connectivity index (χ2v) is 8.93. The van der Waals surface area contributed by atoms with Crippen molar-refractivity contribution in [2.45, 2.75) is 26.3 Å². The summed E-state index contributed by atoms with van der Waals surface area (Å²) in [6.07, 6.45) is 0.522. The largest absolute Gasteiger partial charge is 0.366 e. The first-order chi connectivity index (χ1) is 12.2. The predicted octanol–water partition coefficient (Wildman–Crippen LogP) is 2.60. The lowest BCUT2D eigenvalue weighted by Gasteiger charge is -2.13. The maximum absolute atomic E-state index is 12.6. The van der Waals surface area contributed by atoms with E-state index in [9.17, 15) is 13.2 Å². The van der Waals surface area contributed by atoms with Crippen molar-refractivity contribution in [2.75, 3.05) is 22.1 Å². The molecule has 0 radical (unpaired) electrons. The van der Waals surface area contributed by atoms with Crippen molar-refractivity contribution >= 4 is 38.9 Å². The van der Waals surface area contributed by atoms with Crippen molar-refractivity contribution in [1.29, 1.82) is 0 Å². The number of carbonyl (C=O) groups excluding carboxylic acids is 1. The zero-order chi connectivity index (χ0) is 18.9. The molecule has 3 rings (SSSR count). The molecule has 0 aliphatic carbocycles. The molecule has 1 aliphatic rings. The van der Waals surface area contributed by atoms with E-state index in [4.69, 9.17) is 11.6 Å². The fourth-order valence-electron chi connectivity index (χ4n) is 2.81. The number of aromatic nitrogens is 2. The van der Waals surface area contributed by atoms with Crippen LogP contribution in [0.4, 0.5) is 11.5 Å². The van der Waals surface area contributed by atoms with Gasteiger partial charge in [0.25, 0.3) is 5.91 Å². The highest BCUT2D eigenvalue weighted by Crippen LogP contribution is 2.23. The molecule has 1 aromatic carbocycles. The number of aryl methyl sites for hydroxylation is 1. The van der Waals surface area contributed by atoms with Crippen molar-refractivity contribution in [3.63, 3.8) is 0 Å². The van der Waals surface area contributed by atoms with E-state index in [1.165, 1.54) is 6.07 Å². The Kier molecular flexibility index (Phi) is 5.15. The molecule has 0 bridgehead atoms. The quantitative estimate of drug-likeness (QED) is 0.826. The lowest BCUT2D eigenvalue weighted by Crippen LogP contribution is -2.22. The van der Waals surface area contributed by atoms with Crippen molar-refractivity contribution < 1.29 is 13.2 Å². The number of nitrogens with one attached hydrogen (secondary N) is 2. The average Bonchev–Trinajstić information content (AvgIpc) is 2.90. The van der Waals surface area contributed by atoms with Crippen LogP contribution in [0.1, 0.15) is 28.3 Å². The van der Waals surface area contributed by atoms with Crippen LogP contribution in [-0.2, 0) is 9.84 Å². The average molecular weight is 395 g/mol. The maximum atomic E-state index is 12.6. The molecule has 1 atom stereocenters. The number of hydrogen-bond donors (Lipinski definition) is 2. The molecule has 138 valence electrons. The van der Waals surface area contributed by atoms with Crippen LogP contribution < -0.4 is 10.6 Å².